The topological polar surface area (TPSA) is 79.6 Å². The van der Waals surface area contributed by atoms with Gasteiger partial charge in [0, 0.05) is 0 Å². The van der Waals surface area contributed by atoms with Crippen LogP contribution in [0.1, 0.15) is 23.0 Å². The Morgan fingerprint density at radius 2 is 2.05 bits per heavy atom. The third kappa shape index (κ3) is 2.71. The van der Waals surface area contributed by atoms with Crippen molar-refractivity contribution in [2.45, 2.75) is 12.2 Å². The molecular weight excluding hydrogens is 266 g/mol. The van der Waals surface area contributed by atoms with Crippen molar-refractivity contribution in [3.63, 3.8) is 0 Å². The summed E-state index contributed by atoms with van der Waals surface area (Å²) in [5.74, 6) is 4.16. The maximum absolute atomic E-state index is 13.2. The van der Waals surface area contributed by atoms with E-state index in [-0.39, 0.29) is 11.4 Å². The molecular formula is C10H9F4N5. The molecule has 1 aromatic heterocycles. The number of hydrogen-bond acceptors (Lipinski definition) is 4. The molecule has 1 atom stereocenters. The summed E-state index contributed by atoms with van der Waals surface area (Å²) in [6, 6.07) is 1.77. The Bertz CT molecular complexity index is 552. The minimum absolute atomic E-state index is 0.118. The first kappa shape index (κ1) is 13.4. The number of nitrogens with one attached hydrogen (secondary N) is 2. The molecule has 0 fully saturated rings. The van der Waals surface area contributed by atoms with E-state index in [2.05, 4.69) is 20.6 Å². The molecule has 9 heteroatoms. The van der Waals surface area contributed by atoms with Crippen molar-refractivity contribution >= 4 is 0 Å². The summed E-state index contributed by atoms with van der Waals surface area (Å²) in [6.45, 7) is 0. The van der Waals surface area contributed by atoms with Crippen LogP contribution in [0.25, 0.3) is 0 Å². The second kappa shape index (κ2) is 4.94. The predicted molar refractivity (Wildman–Crippen MR) is 57.0 cm³/mol. The van der Waals surface area contributed by atoms with Crippen LogP contribution in [0.3, 0.4) is 0 Å². The first-order valence-electron chi connectivity index (χ1n) is 5.11. The SMILES string of the molecule is NNC(c1ccc(F)c(C(F)(F)F)c1)c1ncn[nH]1. The molecule has 0 amide bonds. The van der Waals surface area contributed by atoms with E-state index in [9.17, 15) is 17.6 Å². The van der Waals surface area contributed by atoms with Gasteiger partial charge < -0.3 is 0 Å². The van der Waals surface area contributed by atoms with Gasteiger partial charge in [-0.05, 0) is 17.7 Å². The second-order valence-electron chi connectivity index (χ2n) is 3.71. The minimum atomic E-state index is -4.78. The molecule has 0 aliphatic heterocycles. The summed E-state index contributed by atoms with van der Waals surface area (Å²) in [6.07, 6.45) is -3.59. The van der Waals surface area contributed by atoms with Crippen LogP contribution in [0.4, 0.5) is 17.6 Å². The van der Waals surface area contributed by atoms with Crippen LogP contribution >= 0.6 is 0 Å². The van der Waals surface area contributed by atoms with Crippen LogP contribution in [-0.2, 0) is 6.18 Å². The summed E-state index contributed by atoms with van der Waals surface area (Å²) in [4.78, 5) is 3.79. The summed E-state index contributed by atoms with van der Waals surface area (Å²) in [5.41, 5.74) is 1.06. The van der Waals surface area contributed by atoms with E-state index in [1.165, 1.54) is 12.4 Å². The number of halogens is 4. The standard InChI is InChI=1S/C10H9F4N5/c11-7-2-1-5(3-6(7)10(12,13)14)8(18-15)9-16-4-17-19-9/h1-4,8,18H,15H2,(H,16,17,19). The first-order chi connectivity index (χ1) is 8.93. The Morgan fingerprint density at radius 3 is 2.58 bits per heavy atom. The smallest absolute Gasteiger partial charge is 0.270 e. The molecule has 102 valence electrons. The monoisotopic (exact) mass is 275 g/mol. The Kier molecular flexibility index (Phi) is 3.49. The van der Waals surface area contributed by atoms with E-state index in [4.69, 9.17) is 5.84 Å². The van der Waals surface area contributed by atoms with Gasteiger partial charge in [-0.2, -0.15) is 18.3 Å². The number of benzene rings is 1. The molecule has 5 nitrogen and oxygen atoms in total. The Balaban J connectivity index is 2.45. The highest BCUT2D eigenvalue weighted by Crippen LogP contribution is 2.33. The molecule has 0 radical (unpaired) electrons. The van der Waals surface area contributed by atoms with Gasteiger partial charge in [0.25, 0.3) is 0 Å². The highest BCUT2D eigenvalue weighted by molar-refractivity contribution is 5.32. The molecule has 4 N–H and O–H groups in total. The lowest BCUT2D eigenvalue weighted by atomic mass is 10.0. The number of hydrazine groups is 1. The third-order valence-corrected chi connectivity index (χ3v) is 2.50. The van der Waals surface area contributed by atoms with Gasteiger partial charge in [0.2, 0.25) is 0 Å². The summed E-state index contributed by atoms with van der Waals surface area (Å²) >= 11 is 0. The van der Waals surface area contributed by atoms with Crippen LogP contribution in [0, 0.1) is 5.82 Å². The molecule has 0 bridgehead atoms. The molecule has 2 aromatic rings. The summed E-state index contributed by atoms with van der Waals surface area (Å²) in [7, 11) is 0. The number of aromatic nitrogens is 3. The van der Waals surface area contributed by atoms with Gasteiger partial charge in [0.15, 0.2) is 0 Å². The molecule has 0 aliphatic carbocycles. The van der Waals surface area contributed by atoms with Crippen LogP contribution < -0.4 is 11.3 Å². The van der Waals surface area contributed by atoms with Crippen molar-refractivity contribution in [2.75, 3.05) is 0 Å². The van der Waals surface area contributed by atoms with Crippen molar-refractivity contribution in [3.8, 4) is 0 Å². The second-order valence-corrected chi connectivity index (χ2v) is 3.71. The maximum Gasteiger partial charge on any atom is 0.419 e. The van der Waals surface area contributed by atoms with Crippen LogP contribution in [0.15, 0.2) is 24.5 Å². The van der Waals surface area contributed by atoms with E-state index in [1.807, 2.05) is 0 Å². The predicted octanol–water partition coefficient (Wildman–Crippen LogP) is 1.52. The largest absolute Gasteiger partial charge is 0.419 e. The zero-order valence-electron chi connectivity index (χ0n) is 9.37. The lowest BCUT2D eigenvalue weighted by Gasteiger charge is -2.16. The number of aromatic amines is 1. The van der Waals surface area contributed by atoms with Gasteiger partial charge in [0.1, 0.15) is 24.0 Å². The highest BCUT2D eigenvalue weighted by atomic mass is 19.4. The van der Waals surface area contributed by atoms with Crippen molar-refractivity contribution in [1.82, 2.24) is 20.6 Å². The molecule has 1 unspecified atom stereocenters. The molecule has 19 heavy (non-hydrogen) atoms. The Labute approximate surface area is 104 Å². The normalized spacial score (nSPS) is 13.5. The molecule has 0 aliphatic rings. The summed E-state index contributed by atoms with van der Waals surface area (Å²) in [5, 5.41) is 6.06. The molecule has 0 saturated carbocycles. The Morgan fingerprint density at radius 1 is 1.32 bits per heavy atom. The quantitative estimate of drug-likeness (QED) is 0.451. The molecule has 0 spiro atoms. The van der Waals surface area contributed by atoms with E-state index >= 15 is 0 Å². The third-order valence-electron chi connectivity index (χ3n) is 2.50. The average molecular weight is 275 g/mol. The van der Waals surface area contributed by atoms with Crippen molar-refractivity contribution in [2.24, 2.45) is 5.84 Å². The fourth-order valence-corrected chi connectivity index (χ4v) is 1.63. The Hall–Kier alpha value is -2.00. The molecule has 1 heterocycles. The lowest BCUT2D eigenvalue weighted by Crippen LogP contribution is -2.30. The van der Waals surface area contributed by atoms with Crippen LogP contribution in [0.2, 0.25) is 0 Å². The average Bonchev–Trinajstić information content (AvgIpc) is 2.84. The van der Waals surface area contributed by atoms with Crippen LogP contribution in [0.5, 0.6) is 0 Å². The molecule has 0 saturated heterocycles. The van der Waals surface area contributed by atoms with Crippen molar-refractivity contribution in [1.29, 1.82) is 0 Å². The van der Waals surface area contributed by atoms with Gasteiger partial charge in [-0.3, -0.25) is 10.9 Å². The number of alkyl halides is 3. The van der Waals surface area contributed by atoms with E-state index in [0.717, 1.165) is 6.07 Å². The van der Waals surface area contributed by atoms with E-state index in [1.54, 1.807) is 0 Å². The van der Waals surface area contributed by atoms with Gasteiger partial charge in [-0.1, -0.05) is 6.07 Å². The highest BCUT2D eigenvalue weighted by Gasteiger charge is 2.35. The zero-order chi connectivity index (χ0) is 14.0. The fraction of sp³-hybridized carbons (Fsp3) is 0.200. The zero-order valence-corrected chi connectivity index (χ0v) is 9.37. The number of nitrogens with two attached hydrogens (primary N) is 1. The van der Waals surface area contributed by atoms with Crippen molar-refractivity contribution in [3.05, 3.63) is 47.3 Å². The van der Waals surface area contributed by atoms with Crippen LogP contribution in [-0.4, -0.2) is 15.2 Å². The number of rotatable bonds is 3. The fourth-order valence-electron chi connectivity index (χ4n) is 1.63. The number of hydrogen-bond donors (Lipinski definition) is 3. The van der Waals surface area contributed by atoms with Gasteiger partial charge in [-0.25, -0.2) is 14.8 Å². The summed E-state index contributed by atoms with van der Waals surface area (Å²) < 4.78 is 51.0. The first-order valence-corrected chi connectivity index (χ1v) is 5.11. The molecule has 1 aromatic carbocycles. The van der Waals surface area contributed by atoms with Gasteiger partial charge in [-0.15, -0.1) is 0 Å². The van der Waals surface area contributed by atoms with E-state index in [0.29, 0.717) is 6.07 Å². The number of nitrogens with zero attached hydrogens (tertiary/aromatic N) is 2. The molecule has 2 rings (SSSR count). The maximum atomic E-state index is 13.2. The van der Waals surface area contributed by atoms with Gasteiger partial charge >= 0.3 is 6.18 Å². The lowest BCUT2D eigenvalue weighted by molar-refractivity contribution is -0.140. The number of H-pyrrole nitrogens is 1. The van der Waals surface area contributed by atoms with Crippen molar-refractivity contribution < 1.29 is 17.6 Å². The minimum Gasteiger partial charge on any atom is -0.270 e. The van der Waals surface area contributed by atoms with Gasteiger partial charge in [0.05, 0.1) is 5.56 Å². The van der Waals surface area contributed by atoms with E-state index < -0.39 is 23.6 Å².